The SMILES string of the molecule is C=C(C)COC1=NCCO1.CCC=COC1=NCCO1. The van der Waals surface area contributed by atoms with E-state index in [1.165, 1.54) is 0 Å². The van der Waals surface area contributed by atoms with Crippen molar-refractivity contribution >= 4 is 12.2 Å². The molecule has 0 radical (unpaired) electrons. The molecule has 0 saturated heterocycles. The van der Waals surface area contributed by atoms with Crippen LogP contribution in [-0.2, 0) is 18.9 Å². The highest BCUT2D eigenvalue weighted by atomic mass is 16.7. The van der Waals surface area contributed by atoms with Crippen molar-refractivity contribution in [3.05, 3.63) is 24.5 Å². The number of nitrogens with zero attached hydrogens (tertiary/aromatic N) is 2. The molecule has 6 nitrogen and oxygen atoms in total. The first-order valence-corrected chi connectivity index (χ1v) is 6.65. The molecule has 0 fully saturated rings. The highest BCUT2D eigenvalue weighted by Gasteiger charge is 2.07. The van der Waals surface area contributed by atoms with Crippen molar-refractivity contribution < 1.29 is 18.9 Å². The predicted octanol–water partition coefficient (Wildman–Crippen LogP) is 2.28. The molecule has 0 bridgehead atoms. The van der Waals surface area contributed by atoms with Gasteiger partial charge in [-0.25, -0.2) is 9.98 Å². The molecule has 0 aromatic heterocycles. The third kappa shape index (κ3) is 7.45. The average molecular weight is 282 g/mol. The summed E-state index contributed by atoms with van der Waals surface area (Å²) in [6, 6.07) is 0. The summed E-state index contributed by atoms with van der Waals surface area (Å²) in [6.07, 6.45) is 5.27. The zero-order valence-electron chi connectivity index (χ0n) is 12.1. The molecule has 2 aliphatic heterocycles. The van der Waals surface area contributed by atoms with Gasteiger partial charge in [0.2, 0.25) is 0 Å². The van der Waals surface area contributed by atoms with E-state index in [9.17, 15) is 0 Å². The monoisotopic (exact) mass is 282 g/mol. The highest BCUT2D eigenvalue weighted by Crippen LogP contribution is 1.98. The Kier molecular flexibility index (Phi) is 7.95. The second kappa shape index (κ2) is 9.89. The fraction of sp³-hybridized carbons (Fsp3) is 0.571. The van der Waals surface area contributed by atoms with Gasteiger partial charge in [-0.2, -0.15) is 0 Å². The Bertz CT molecular complexity index is 389. The Morgan fingerprint density at radius 2 is 1.90 bits per heavy atom. The topological polar surface area (TPSA) is 61.6 Å². The summed E-state index contributed by atoms with van der Waals surface area (Å²) in [4.78, 5) is 7.87. The summed E-state index contributed by atoms with van der Waals surface area (Å²) in [7, 11) is 0. The van der Waals surface area contributed by atoms with Crippen LogP contribution in [0.2, 0.25) is 0 Å². The van der Waals surface area contributed by atoms with Crippen LogP contribution in [0.1, 0.15) is 20.3 Å². The smallest absolute Gasteiger partial charge is 0.388 e. The summed E-state index contributed by atoms with van der Waals surface area (Å²) in [5.74, 6) is 0. The Labute approximate surface area is 119 Å². The summed E-state index contributed by atoms with van der Waals surface area (Å²) in [5, 5.41) is 0. The van der Waals surface area contributed by atoms with Crippen molar-refractivity contribution in [1.29, 1.82) is 0 Å². The van der Waals surface area contributed by atoms with E-state index in [1.54, 1.807) is 6.26 Å². The van der Waals surface area contributed by atoms with Gasteiger partial charge < -0.3 is 18.9 Å². The molecule has 0 atom stereocenters. The highest BCUT2D eigenvalue weighted by molar-refractivity contribution is 5.68. The molecule has 112 valence electrons. The van der Waals surface area contributed by atoms with E-state index in [2.05, 4.69) is 16.6 Å². The zero-order chi connectivity index (χ0) is 14.6. The molecule has 0 aliphatic carbocycles. The van der Waals surface area contributed by atoms with E-state index in [4.69, 9.17) is 18.9 Å². The van der Waals surface area contributed by atoms with Gasteiger partial charge in [-0.05, 0) is 25.0 Å². The second-order valence-corrected chi connectivity index (χ2v) is 4.14. The van der Waals surface area contributed by atoms with Gasteiger partial charge in [-0.1, -0.05) is 13.5 Å². The Hall–Kier alpha value is -1.98. The lowest BCUT2D eigenvalue weighted by molar-refractivity contribution is 0.205. The Morgan fingerprint density at radius 3 is 2.40 bits per heavy atom. The van der Waals surface area contributed by atoms with E-state index >= 15 is 0 Å². The predicted molar refractivity (Wildman–Crippen MR) is 77.8 cm³/mol. The van der Waals surface area contributed by atoms with Crippen LogP contribution in [0.25, 0.3) is 0 Å². The minimum absolute atomic E-state index is 0.393. The molecule has 0 N–H and O–H groups in total. The molecule has 0 amide bonds. The van der Waals surface area contributed by atoms with Gasteiger partial charge in [0.1, 0.15) is 19.8 Å². The van der Waals surface area contributed by atoms with E-state index in [-0.39, 0.29) is 0 Å². The van der Waals surface area contributed by atoms with E-state index in [1.807, 2.05) is 19.9 Å². The van der Waals surface area contributed by atoms with Crippen LogP contribution < -0.4 is 0 Å². The van der Waals surface area contributed by atoms with Crippen LogP contribution in [0.15, 0.2) is 34.5 Å². The molecule has 0 aromatic rings. The number of hydrogen-bond donors (Lipinski definition) is 0. The van der Waals surface area contributed by atoms with Gasteiger partial charge in [-0.3, -0.25) is 0 Å². The standard InChI is InChI=1S/2C7H11NO2/c1-6(2)5-10-7-8-3-4-9-7;1-2-3-5-9-7-8-4-6-10-7/h1,3-5H2,2H3;3,5H,2,4,6H2,1H3. The fourth-order valence-corrected chi connectivity index (χ4v) is 1.18. The summed E-state index contributed by atoms with van der Waals surface area (Å²) >= 11 is 0. The first-order valence-electron chi connectivity index (χ1n) is 6.65. The van der Waals surface area contributed by atoms with Gasteiger partial charge in [-0.15, -0.1) is 0 Å². The first kappa shape index (κ1) is 16.1. The van der Waals surface area contributed by atoms with Gasteiger partial charge in [0, 0.05) is 0 Å². The van der Waals surface area contributed by atoms with Crippen molar-refractivity contribution in [2.24, 2.45) is 9.98 Å². The lowest BCUT2D eigenvalue weighted by Crippen LogP contribution is -2.06. The third-order valence-electron chi connectivity index (χ3n) is 2.06. The molecule has 0 aromatic carbocycles. The lowest BCUT2D eigenvalue weighted by atomic mass is 10.4. The Balaban J connectivity index is 0.000000200. The molecular weight excluding hydrogens is 260 g/mol. The first-order chi connectivity index (χ1) is 9.72. The molecule has 2 rings (SSSR count). The molecular formula is C14H22N2O4. The van der Waals surface area contributed by atoms with Crippen LogP contribution >= 0.6 is 0 Å². The maximum atomic E-state index is 5.09. The summed E-state index contributed by atoms with van der Waals surface area (Å²) in [5.41, 5.74) is 0.971. The second-order valence-electron chi connectivity index (χ2n) is 4.14. The minimum Gasteiger partial charge on any atom is -0.449 e. The van der Waals surface area contributed by atoms with Crippen LogP contribution in [0.3, 0.4) is 0 Å². The van der Waals surface area contributed by atoms with Crippen molar-refractivity contribution in [2.45, 2.75) is 20.3 Å². The van der Waals surface area contributed by atoms with Crippen LogP contribution in [0.5, 0.6) is 0 Å². The van der Waals surface area contributed by atoms with Crippen molar-refractivity contribution in [2.75, 3.05) is 32.9 Å². The van der Waals surface area contributed by atoms with E-state index in [0.29, 0.717) is 38.5 Å². The van der Waals surface area contributed by atoms with Gasteiger partial charge >= 0.3 is 12.2 Å². The van der Waals surface area contributed by atoms with Gasteiger partial charge in [0.25, 0.3) is 0 Å². The minimum atomic E-state index is 0.393. The molecule has 20 heavy (non-hydrogen) atoms. The van der Waals surface area contributed by atoms with Crippen LogP contribution in [0, 0.1) is 0 Å². The molecule has 0 unspecified atom stereocenters. The van der Waals surface area contributed by atoms with E-state index < -0.39 is 0 Å². The number of aliphatic imine (C=N–C) groups is 2. The number of hydrogen-bond acceptors (Lipinski definition) is 6. The normalized spacial score (nSPS) is 16.5. The van der Waals surface area contributed by atoms with Crippen molar-refractivity contribution in [3.8, 4) is 0 Å². The van der Waals surface area contributed by atoms with Crippen LogP contribution in [0.4, 0.5) is 0 Å². The van der Waals surface area contributed by atoms with E-state index in [0.717, 1.165) is 18.5 Å². The average Bonchev–Trinajstić information content (AvgIpc) is 3.11. The number of ether oxygens (including phenoxy) is 4. The maximum Gasteiger partial charge on any atom is 0.388 e. The molecule has 2 heterocycles. The van der Waals surface area contributed by atoms with Crippen molar-refractivity contribution in [1.82, 2.24) is 0 Å². The molecule has 6 heteroatoms. The number of rotatable bonds is 4. The largest absolute Gasteiger partial charge is 0.449 e. The van der Waals surface area contributed by atoms with Gasteiger partial charge in [0.05, 0.1) is 19.4 Å². The molecule has 2 aliphatic rings. The quantitative estimate of drug-likeness (QED) is 0.586. The summed E-state index contributed by atoms with van der Waals surface area (Å²) < 4.78 is 20.0. The van der Waals surface area contributed by atoms with Crippen LogP contribution in [-0.4, -0.2) is 45.1 Å². The molecule has 0 saturated carbocycles. The fourth-order valence-electron chi connectivity index (χ4n) is 1.18. The third-order valence-corrected chi connectivity index (χ3v) is 2.06. The molecule has 0 spiro atoms. The zero-order valence-corrected chi connectivity index (χ0v) is 12.1. The number of allylic oxidation sites excluding steroid dienone is 1. The lowest BCUT2D eigenvalue weighted by Gasteiger charge is -2.02. The van der Waals surface area contributed by atoms with Gasteiger partial charge in [0.15, 0.2) is 0 Å². The van der Waals surface area contributed by atoms with Crippen molar-refractivity contribution in [3.63, 3.8) is 0 Å². The maximum absolute atomic E-state index is 5.09. The Morgan fingerprint density at radius 1 is 1.25 bits per heavy atom. The summed E-state index contributed by atoms with van der Waals surface area (Å²) in [6.45, 7) is 10.8.